The molecule has 8 nitrogen and oxygen atoms in total. The number of phenols is 2. The van der Waals surface area contributed by atoms with Crippen molar-refractivity contribution in [1.82, 2.24) is 0 Å². The number of aromatic hydroxyl groups is 2. The number of benzene rings is 2. The van der Waals surface area contributed by atoms with E-state index in [-0.39, 0.29) is 51.9 Å². The zero-order valence-corrected chi connectivity index (χ0v) is 38.7. The van der Waals surface area contributed by atoms with Crippen LogP contribution in [0.4, 0.5) is 0 Å². The molecule has 1 fully saturated rings. The Bertz CT molecular complexity index is 1580. The van der Waals surface area contributed by atoms with Crippen LogP contribution in [0, 0.1) is 17.3 Å². The molecule has 0 aliphatic heterocycles. The Morgan fingerprint density at radius 1 is 0.842 bits per heavy atom. The molecule has 4 atom stereocenters. The molecule has 3 rings (SSSR count). The highest BCUT2D eigenvalue weighted by Crippen LogP contribution is 2.38. The zero-order chi connectivity index (χ0) is 42.4. The van der Waals surface area contributed by atoms with Crippen LogP contribution >= 0.6 is 0 Å². The average molecular weight is 807 g/mol. The maximum atomic E-state index is 13.3. The zero-order valence-electron chi connectivity index (χ0n) is 37.7. The van der Waals surface area contributed by atoms with Gasteiger partial charge in [0, 0.05) is 43.2 Å². The van der Waals surface area contributed by atoms with Gasteiger partial charge in [0.1, 0.15) is 17.2 Å². The van der Waals surface area contributed by atoms with E-state index in [4.69, 9.17) is 23.6 Å². The lowest BCUT2D eigenvalue weighted by atomic mass is 9.73. The molecule has 0 spiro atoms. The third kappa shape index (κ3) is 16.3. The van der Waals surface area contributed by atoms with E-state index < -0.39 is 8.56 Å². The normalized spacial score (nSPS) is 18.3. The standard InChI is InChI=1S/C48H78N2O6Si/c1-13-54-57(12,55-14-2)28-20-16-15-17-21-35(29-37(46(3,4)5)32-44(52)56-40-26-24-39(51)25-27-40)33-49-42-22-18-19-23-43(42)50-34-36-30-38(47(6,7)8)31-41(45(36)53)48(9,10)11/h24-27,30-31,33-35,37,42-43,51,53H,13-23,28-29,32H2,1-12H3/t35?,37?,42-,43-/m1/s1. The number of rotatable bonds is 20. The topological polar surface area (TPSA) is 110 Å². The van der Waals surface area contributed by atoms with Crippen LogP contribution in [0.3, 0.4) is 0 Å². The number of hydrogen-bond donors (Lipinski definition) is 2. The van der Waals surface area contributed by atoms with Crippen LogP contribution in [-0.4, -0.2) is 62.5 Å². The summed E-state index contributed by atoms with van der Waals surface area (Å²) in [6, 6.07) is 11.7. The maximum Gasteiger partial charge on any atom is 0.334 e. The van der Waals surface area contributed by atoms with Gasteiger partial charge >= 0.3 is 14.5 Å². The Balaban J connectivity index is 1.83. The monoisotopic (exact) mass is 807 g/mol. The van der Waals surface area contributed by atoms with Crippen LogP contribution in [-0.2, 0) is 24.5 Å². The fraction of sp³-hybridized carbons (Fsp3) is 0.688. The summed E-state index contributed by atoms with van der Waals surface area (Å²) in [5, 5.41) is 21.1. The second kappa shape index (κ2) is 21.8. The number of carbonyl (C=O) groups is 1. The lowest BCUT2D eigenvalue weighted by Crippen LogP contribution is -2.38. The van der Waals surface area contributed by atoms with Crippen molar-refractivity contribution in [3.63, 3.8) is 0 Å². The first-order valence-corrected chi connectivity index (χ1v) is 24.4. The van der Waals surface area contributed by atoms with Crippen molar-refractivity contribution in [2.75, 3.05) is 13.2 Å². The first kappa shape index (κ1) is 48.4. The molecule has 57 heavy (non-hydrogen) atoms. The van der Waals surface area contributed by atoms with Crippen LogP contribution in [0.25, 0.3) is 0 Å². The molecule has 0 saturated heterocycles. The minimum Gasteiger partial charge on any atom is -0.508 e. The maximum absolute atomic E-state index is 13.3. The summed E-state index contributed by atoms with van der Waals surface area (Å²) < 4.78 is 17.9. The molecule has 0 bridgehead atoms. The predicted octanol–water partition coefficient (Wildman–Crippen LogP) is 12.3. The molecule has 0 amide bonds. The first-order valence-electron chi connectivity index (χ1n) is 21.9. The molecule has 320 valence electrons. The Hall–Kier alpha value is -3.01. The molecule has 2 aromatic carbocycles. The van der Waals surface area contributed by atoms with Crippen LogP contribution in [0.2, 0.25) is 12.6 Å². The predicted molar refractivity (Wildman–Crippen MR) is 240 cm³/mol. The first-order chi connectivity index (χ1) is 26.6. The van der Waals surface area contributed by atoms with Gasteiger partial charge in [-0.25, -0.2) is 0 Å². The minimum atomic E-state index is -2.12. The molecule has 1 saturated carbocycles. The van der Waals surface area contributed by atoms with Crippen molar-refractivity contribution in [2.45, 2.75) is 182 Å². The Morgan fingerprint density at radius 3 is 2.00 bits per heavy atom. The van der Waals surface area contributed by atoms with Crippen molar-refractivity contribution in [3.05, 3.63) is 53.1 Å². The van der Waals surface area contributed by atoms with Crippen LogP contribution in [0.1, 0.15) is 163 Å². The number of phenolic OH excluding ortho intramolecular Hbond substituents is 2. The average Bonchev–Trinajstić information content (AvgIpc) is 3.11. The SMILES string of the molecule is CCO[Si](C)(CCCCCCC(C=N[C@@H]1CCCC[C@H]1N=Cc1cc(C(C)(C)C)cc(C(C)(C)C)c1O)CC(CC(=O)Oc1ccc(O)cc1)C(C)(C)C)OCC. The molecule has 0 aromatic heterocycles. The van der Waals surface area contributed by atoms with Gasteiger partial charge in [0.2, 0.25) is 0 Å². The molecule has 2 unspecified atom stereocenters. The van der Waals surface area contributed by atoms with Crippen molar-refractivity contribution >= 4 is 27.0 Å². The Kier molecular flexibility index (Phi) is 18.5. The van der Waals surface area contributed by atoms with Crippen molar-refractivity contribution in [1.29, 1.82) is 0 Å². The smallest absolute Gasteiger partial charge is 0.334 e. The van der Waals surface area contributed by atoms with Gasteiger partial charge < -0.3 is 23.8 Å². The molecule has 2 N–H and O–H groups in total. The quantitative estimate of drug-likeness (QED) is 0.0453. The van der Waals surface area contributed by atoms with E-state index in [0.29, 0.717) is 31.1 Å². The number of ether oxygens (including phenoxy) is 1. The number of hydrogen-bond acceptors (Lipinski definition) is 8. The highest BCUT2D eigenvalue weighted by atomic mass is 28.4. The van der Waals surface area contributed by atoms with Crippen LogP contribution in [0.5, 0.6) is 17.2 Å². The van der Waals surface area contributed by atoms with Gasteiger partial charge in [0.15, 0.2) is 0 Å². The molecule has 9 heteroatoms. The minimum absolute atomic E-state index is 0.0410. The Labute approximate surface area is 347 Å². The number of unbranched alkanes of at least 4 members (excludes halogenated alkanes) is 3. The molecule has 0 radical (unpaired) electrons. The van der Waals surface area contributed by atoms with E-state index in [0.717, 1.165) is 81.4 Å². The number of esters is 1. The van der Waals surface area contributed by atoms with Gasteiger partial charge in [-0.15, -0.1) is 0 Å². The van der Waals surface area contributed by atoms with Crippen molar-refractivity contribution in [3.8, 4) is 17.2 Å². The second-order valence-corrected chi connectivity index (χ2v) is 23.0. The van der Waals surface area contributed by atoms with E-state index >= 15 is 0 Å². The van der Waals surface area contributed by atoms with Gasteiger partial charge in [-0.1, -0.05) is 107 Å². The van der Waals surface area contributed by atoms with E-state index in [2.05, 4.69) is 87.2 Å². The summed E-state index contributed by atoms with van der Waals surface area (Å²) in [5.41, 5.74) is 2.51. The van der Waals surface area contributed by atoms with Gasteiger partial charge in [0.25, 0.3) is 0 Å². The lowest BCUT2D eigenvalue weighted by molar-refractivity contribution is -0.136. The van der Waals surface area contributed by atoms with E-state index in [1.807, 2.05) is 20.1 Å². The Morgan fingerprint density at radius 2 is 1.44 bits per heavy atom. The third-order valence-corrected chi connectivity index (χ3v) is 14.6. The second-order valence-electron chi connectivity index (χ2n) is 19.6. The van der Waals surface area contributed by atoms with Crippen molar-refractivity contribution in [2.24, 2.45) is 27.2 Å². The van der Waals surface area contributed by atoms with Gasteiger partial charge in [0.05, 0.1) is 12.1 Å². The highest BCUT2D eigenvalue weighted by molar-refractivity contribution is 6.66. The molecule has 1 aliphatic carbocycles. The third-order valence-electron chi connectivity index (χ3n) is 11.5. The van der Waals surface area contributed by atoms with Gasteiger partial charge in [-0.3, -0.25) is 14.8 Å². The molecular weight excluding hydrogens is 729 g/mol. The lowest BCUT2D eigenvalue weighted by Gasteiger charge is -2.33. The molecule has 2 aromatic rings. The summed E-state index contributed by atoms with van der Waals surface area (Å²) >= 11 is 0. The number of carbonyl (C=O) groups excluding carboxylic acids is 1. The highest BCUT2D eigenvalue weighted by Gasteiger charge is 2.32. The van der Waals surface area contributed by atoms with Crippen LogP contribution < -0.4 is 4.74 Å². The largest absolute Gasteiger partial charge is 0.508 e. The van der Waals surface area contributed by atoms with E-state index in [1.165, 1.54) is 17.7 Å². The molecule has 0 heterocycles. The van der Waals surface area contributed by atoms with E-state index in [9.17, 15) is 15.0 Å². The summed E-state index contributed by atoms with van der Waals surface area (Å²) in [5.74, 6) is 0.914. The fourth-order valence-electron chi connectivity index (χ4n) is 7.86. The van der Waals surface area contributed by atoms with Gasteiger partial charge in [-0.2, -0.15) is 0 Å². The number of nitrogens with zero attached hydrogens (tertiary/aromatic N) is 2. The summed E-state index contributed by atoms with van der Waals surface area (Å²) in [6.45, 7) is 27.3. The molecule has 1 aliphatic rings. The van der Waals surface area contributed by atoms with E-state index in [1.54, 1.807) is 12.1 Å². The van der Waals surface area contributed by atoms with Crippen molar-refractivity contribution < 1.29 is 28.6 Å². The molecular formula is C48H78N2O6Si. The van der Waals surface area contributed by atoms with Gasteiger partial charge in [-0.05, 0) is 116 Å². The fourth-order valence-corrected chi connectivity index (χ4v) is 10.3. The van der Waals surface area contributed by atoms with Crippen LogP contribution in [0.15, 0.2) is 46.4 Å². The summed E-state index contributed by atoms with van der Waals surface area (Å²) in [7, 11) is -2.12. The summed E-state index contributed by atoms with van der Waals surface area (Å²) in [6.07, 6.45) is 14.9. The number of aliphatic imine (C=N–C) groups is 2. The summed E-state index contributed by atoms with van der Waals surface area (Å²) in [4.78, 5) is 23.8.